The van der Waals surface area contributed by atoms with Crippen molar-refractivity contribution in [3.63, 3.8) is 0 Å². The molecule has 1 fully saturated rings. The summed E-state index contributed by atoms with van der Waals surface area (Å²) in [6.45, 7) is 6.23. The Labute approximate surface area is 128 Å². The molecular formula is C13H20N2O4S2. The molecule has 0 spiro atoms. The Balaban J connectivity index is 2.26. The van der Waals surface area contributed by atoms with Crippen LogP contribution < -0.4 is 0 Å². The van der Waals surface area contributed by atoms with Gasteiger partial charge in [0.25, 0.3) is 0 Å². The molecule has 2 heterocycles. The van der Waals surface area contributed by atoms with E-state index in [1.54, 1.807) is 11.3 Å². The highest BCUT2D eigenvalue weighted by Gasteiger charge is 2.36. The number of sulfone groups is 1. The zero-order valence-electron chi connectivity index (χ0n) is 12.4. The molecule has 8 heteroatoms. The van der Waals surface area contributed by atoms with Gasteiger partial charge in [-0.1, -0.05) is 0 Å². The first-order valence-corrected chi connectivity index (χ1v) is 9.45. The fourth-order valence-corrected chi connectivity index (χ4v) is 5.42. The average molecular weight is 332 g/mol. The third-order valence-corrected chi connectivity index (χ3v) is 6.74. The van der Waals surface area contributed by atoms with Crippen molar-refractivity contribution in [2.75, 3.05) is 18.1 Å². The number of carboxylic acid groups (broad SMARTS) is 1. The van der Waals surface area contributed by atoms with Crippen molar-refractivity contribution in [3.8, 4) is 0 Å². The van der Waals surface area contributed by atoms with Gasteiger partial charge in [-0.05, 0) is 20.8 Å². The normalized spacial score (nSPS) is 23.9. The molecule has 0 radical (unpaired) electrons. The second kappa shape index (κ2) is 6.02. The zero-order valence-corrected chi connectivity index (χ0v) is 14.0. The summed E-state index contributed by atoms with van der Waals surface area (Å²) < 4.78 is 23.6. The molecule has 1 saturated heterocycles. The maximum absolute atomic E-state index is 11.8. The molecule has 1 aromatic heterocycles. The predicted molar refractivity (Wildman–Crippen MR) is 81.4 cm³/mol. The van der Waals surface area contributed by atoms with Gasteiger partial charge in [0.05, 0.1) is 28.6 Å². The Morgan fingerprint density at radius 3 is 2.71 bits per heavy atom. The van der Waals surface area contributed by atoms with E-state index >= 15 is 0 Å². The third kappa shape index (κ3) is 3.81. The highest BCUT2D eigenvalue weighted by atomic mass is 32.2. The van der Waals surface area contributed by atoms with Crippen LogP contribution in [0.5, 0.6) is 0 Å². The van der Waals surface area contributed by atoms with Crippen LogP contribution in [0, 0.1) is 13.8 Å². The van der Waals surface area contributed by atoms with Crippen LogP contribution in [0.3, 0.4) is 0 Å². The maximum Gasteiger partial charge on any atom is 0.304 e. The number of aryl methyl sites for hydroxylation is 2. The van der Waals surface area contributed by atoms with Crippen LogP contribution in [0.1, 0.15) is 35.0 Å². The molecular weight excluding hydrogens is 312 g/mol. The van der Waals surface area contributed by atoms with Gasteiger partial charge < -0.3 is 5.11 Å². The van der Waals surface area contributed by atoms with Crippen LogP contribution in [0.15, 0.2) is 0 Å². The number of carbonyl (C=O) groups is 1. The molecule has 1 N–H and O–H groups in total. The smallest absolute Gasteiger partial charge is 0.304 e. The predicted octanol–water partition coefficient (Wildman–Crippen LogP) is 1.39. The second-order valence-electron chi connectivity index (χ2n) is 5.46. The number of hydrogen-bond donors (Lipinski definition) is 1. The van der Waals surface area contributed by atoms with E-state index in [0.29, 0.717) is 6.54 Å². The molecule has 2 rings (SSSR count). The molecule has 0 bridgehead atoms. The van der Waals surface area contributed by atoms with Crippen molar-refractivity contribution in [1.29, 1.82) is 0 Å². The lowest BCUT2D eigenvalue weighted by atomic mass is 10.1. The van der Waals surface area contributed by atoms with E-state index in [9.17, 15) is 13.2 Å². The van der Waals surface area contributed by atoms with Gasteiger partial charge in [0.15, 0.2) is 9.84 Å². The van der Waals surface area contributed by atoms with E-state index in [1.165, 1.54) is 0 Å². The summed E-state index contributed by atoms with van der Waals surface area (Å²) in [5.41, 5.74) is 0.938. The molecule has 6 nitrogen and oxygen atoms in total. The van der Waals surface area contributed by atoms with Crippen molar-refractivity contribution in [2.24, 2.45) is 0 Å². The molecule has 2 unspecified atom stereocenters. The first-order chi connectivity index (χ1) is 9.69. The summed E-state index contributed by atoms with van der Waals surface area (Å²) in [6.07, 6.45) is -0.152. The molecule has 118 valence electrons. The van der Waals surface area contributed by atoms with E-state index in [1.807, 2.05) is 25.7 Å². The Morgan fingerprint density at radius 1 is 1.52 bits per heavy atom. The Morgan fingerprint density at radius 2 is 2.19 bits per heavy atom. The highest BCUT2D eigenvalue weighted by Crippen LogP contribution is 2.32. The number of thiazole rings is 1. The summed E-state index contributed by atoms with van der Waals surface area (Å²) in [4.78, 5) is 18.5. The molecule has 0 aliphatic carbocycles. The summed E-state index contributed by atoms with van der Waals surface area (Å²) >= 11 is 1.59. The van der Waals surface area contributed by atoms with Crippen molar-refractivity contribution in [2.45, 2.75) is 39.3 Å². The first kappa shape index (κ1) is 16.4. The lowest BCUT2D eigenvalue weighted by Gasteiger charge is -2.38. The van der Waals surface area contributed by atoms with Crippen LogP contribution >= 0.6 is 11.3 Å². The standard InChI is InChI=1S/C13H20N2O4S2/c1-8-13(20-10(3)14-8)9(2)15-4-5-21(18,19)7-11(15)6-12(16)17/h9,11H,4-7H2,1-3H3,(H,16,17). The molecule has 1 aromatic rings. The number of nitrogens with zero attached hydrogens (tertiary/aromatic N) is 2. The topological polar surface area (TPSA) is 87.6 Å². The summed E-state index contributed by atoms with van der Waals surface area (Å²) in [7, 11) is -3.15. The Bertz CT molecular complexity index is 639. The zero-order chi connectivity index (χ0) is 15.8. The largest absolute Gasteiger partial charge is 0.481 e. The van der Waals surface area contributed by atoms with Crippen LogP contribution in [-0.4, -0.2) is 53.5 Å². The van der Waals surface area contributed by atoms with Gasteiger partial charge in [-0.2, -0.15) is 0 Å². The lowest BCUT2D eigenvalue weighted by Crippen LogP contribution is -2.50. The van der Waals surface area contributed by atoms with Gasteiger partial charge in [-0.15, -0.1) is 11.3 Å². The van der Waals surface area contributed by atoms with E-state index in [-0.39, 0.29) is 24.0 Å². The van der Waals surface area contributed by atoms with E-state index in [4.69, 9.17) is 5.11 Å². The number of carboxylic acids is 1. The summed E-state index contributed by atoms with van der Waals surface area (Å²) in [5, 5.41) is 10.00. The van der Waals surface area contributed by atoms with Gasteiger partial charge >= 0.3 is 5.97 Å². The first-order valence-electron chi connectivity index (χ1n) is 6.81. The fraction of sp³-hybridized carbons (Fsp3) is 0.692. The number of aromatic nitrogens is 1. The molecule has 2 atom stereocenters. The number of hydrogen-bond acceptors (Lipinski definition) is 6. The average Bonchev–Trinajstić information content (AvgIpc) is 2.66. The van der Waals surface area contributed by atoms with E-state index in [0.717, 1.165) is 15.6 Å². The molecule has 21 heavy (non-hydrogen) atoms. The van der Waals surface area contributed by atoms with Gasteiger partial charge in [0.1, 0.15) is 0 Å². The maximum atomic E-state index is 11.8. The van der Waals surface area contributed by atoms with Gasteiger partial charge in [-0.3, -0.25) is 9.69 Å². The molecule has 1 aliphatic rings. The van der Waals surface area contributed by atoms with Crippen molar-refractivity contribution in [1.82, 2.24) is 9.88 Å². The van der Waals surface area contributed by atoms with Gasteiger partial charge in [-0.25, -0.2) is 13.4 Å². The van der Waals surface area contributed by atoms with Crippen LogP contribution in [0.25, 0.3) is 0 Å². The molecule has 0 amide bonds. The summed E-state index contributed by atoms with van der Waals surface area (Å²) in [5.74, 6) is -0.961. The third-order valence-electron chi connectivity index (χ3n) is 3.80. The van der Waals surface area contributed by atoms with Crippen molar-refractivity contribution >= 4 is 27.1 Å². The van der Waals surface area contributed by atoms with Crippen LogP contribution in [0.4, 0.5) is 0 Å². The summed E-state index contributed by atoms with van der Waals surface area (Å²) in [6, 6.07) is -0.492. The van der Waals surface area contributed by atoms with Crippen LogP contribution in [-0.2, 0) is 14.6 Å². The Kier molecular flexibility index (Phi) is 4.69. The van der Waals surface area contributed by atoms with Crippen molar-refractivity contribution in [3.05, 3.63) is 15.6 Å². The SMILES string of the molecule is Cc1nc(C)c(C(C)N2CCS(=O)(=O)CC2CC(=O)O)s1. The molecule has 0 aromatic carbocycles. The molecule has 1 aliphatic heterocycles. The minimum absolute atomic E-state index is 0.0175. The fourth-order valence-electron chi connectivity index (χ4n) is 2.87. The van der Waals surface area contributed by atoms with E-state index in [2.05, 4.69) is 4.98 Å². The minimum Gasteiger partial charge on any atom is -0.481 e. The molecule has 0 saturated carbocycles. The quantitative estimate of drug-likeness (QED) is 0.896. The van der Waals surface area contributed by atoms with Crippen LogP contribution in [0.2, 0.25) is 0 Å². The second-order valence-corrected chi connectivity index (χ2v) is 8.93. The Hall–Kier alpha value is -0.990. The minimum atomic E-state index is -3.15. The number of aliphatic carboxylic acids is 1. The van der Waals surface area contributed by atoms with Gasteiger partial charge in [0, 0.05) is 23.5 Å². The van der Waals surface area contributed by atoms with Gasteiger partial charge in [0.2, 0.25) is 0 Å². The monoisotopic (exact) mass is 332 g/mol. The van der Waals surface area contributed by atoms with Crippen molar-refractivity contribution < 1.29 is 18.3 Å². The lowest BCUT2D eigenvalue weighted by molar-refractivity contribution is -0.138. The highest BCUT2D eigenvalue weighted by molar-refractivity contribution is 7.91. The number of rotatable bonds is 4. The van der Waals surface area contributed by atoms with E-state index < -0.39 is 21.8 Å².